The summed E-state index contributed by atoms with van der Waals surface area (Å²) in [5, 5.41) is 10.6. The SMILES string of the molecule is COc1cc(Br)cc(C)c1[N+](=O)[O-]. The van der Waals surface area contributed by atoms with Gasteiger partial charge in [0, 0.05) is 16.1 Å². The van der Waals surface area contributed by atoms with Gasteiger partial charge in [0.2, 0.25) is 0 Å². The topological polar surface area (TPSA) is 52.4 Å². The Labute approximate surface area is 83.8 Å². The quantitative estimate of drug-likeness (QED) is 0.595. The monoisotopic (exact) mass is 245 g/mol. The minimum absolute atomic E-state index is 0.0192. The number of aryl methyl sites for hydroxylation is 1. The third-order valence-electron chi connectivity index (χ3n) is 1.63. The number of benzene rings is 1. The number of nitro groups is 1. The van der Waals surface area contributed by atoms with Gasteiger partial charge in [-0.25, -0.2) is 0 Å². The lowest BCUT2D eigenvalue weighted by Crippen LogP contribution is -1.96. The molecule has 0 N–H and O–H groups in total. The second-order valence-electron chi connectivity index (χ2n) is 2.53. The van der Waals surface area contributed by atoms with E-state index in [0.717, 1.165) is 4.47 Å². The van der Waals surface area contributed by atoms with Crippen LogP contribution in [0.4, 0.5) is 5.69 Å². The summed E-state index contributed by atoms with van der Waals surface area (Å²) in [6.07, 6.45) is 0. The van der Waals surface area contributed by atoms with Crippen LogP contribution in [-0.2, 0) is 0 Å². The van der Waals surface area contributed by atoms with Crippen molar-refractivity contribution >= 4 is 21.6 Å². The number of ether oxygens (including phenoxy) is 1. The van der Waals surface area contributed by atoms with Gasteiger partial charge in [0.1, 0.15) is 0 Å². The molecule has 5 heteroatoms. The summed E-state index contributed by atoms with van der Waals surface area (Å²) in [6, 6.07) is 3.26. The fourth-order valence-corrected chi connectivity index (χ4v) is 1.65. The van der Waals surface area contributed by atoms with Gasteiger partial charge in [-0.2, -0.15) is 0 Å². The first kappa shape index (κ1) is 9.98. The predicted molar refractivity (Wildman–Crippen MR) is 52.1 cm³/mol. The molecule has 1 aromatic rings. The molecule has 13 heavy (non-hydrogen) atoms. The third-order valence-corrected chi connectivity index (χ3v) is 2.09. The Morgan fingerprint density at radius 3 is 2.62 bits per heavy atom. The van der Waals surface area contributed by atoms with Gasteiger partial charge in [-0.3, -0.25) is 10.1 Å². The average molecular weight is 246 g/mol. The highest BCUT2D eigenvalue weighted by Crippen LogP contribution is 2.33. The molecule has 0 heterocycles. The Balaban J connectivity index is 3.38. The summed E-state index contributed by atoms with van der Waals surface area (Å²) in [4.78, 5) is 10.2. The van der Waals surface area contributed by atoms with Crippen LogP contribution in [0.2, 0.25) is 0 Å². The Morgan fingerprint density at radius 2 is 2.15 bits per heavy atom. The minimum atomic E-state index is -0.444. The van der Waals surface area contributed by atoms with Crippen molar-refractivity contribution < 1.29 is 9.66 Å². The van der Waals surface area contributed by atoms with Crippen molar-refractivity contribution in [1.82, 2.24) is 0 Å². The molecule has 0 aliphatic rings. The number of nitro benzene ring substituents is 1. The highest BCUT2D eigenvalue weighted by atomic mass is 79.9. The molecule has 0 fully saturated rings. The van der Waals surface area contributed by atoms with E-state index in [0.29, 0.717) is 5.56 Å². The van der Waals surface area contributed by atoms with E-state index in [2.05, 4.69) is 15.9 Å². The van der Waals surface area contributed by atoms with Crippen LogP contribution in [0.5, 0.6) is 5.75 Å². The van der Waals surface area contributed by atoms with Crippen molar-refractivity contribution in [2.24, 2.45) is 0 Å². The lowest BCUT2D eigenvalue weighted by molar-refractivity contribution is -0.386. The molecular weight excluding hydrogens is 238 g/mol. The Morgan fingerprint density at radius 1 is 1.54 bits per heavy atom. The molecule has 4 nitrogen and oxygen atoms in total. The molecule has 0 aromatic heterocycles. The molecule has 0 saturated heterocycles. The molecule has 0 aliphatic carbocycles. The Kier molecular flexibility index (Phi) is 2.87. The van der Waals surface area contributed by atoms with Crippen molar-refractivity contribution in [3.63, 3.8) is 0 Å². The summed E-state index contributed by atoms with van der Waals surface area (Å²) in [7, 11) is 1.41. The fraction of sp³-hybridized carbons (Fsp3) is 0.250. The smallest absolute Gasteiger partial charge is 0.313 e. The number of hydrogen-bond donors (Lipinski definition) is 0. The van der Waals surface area contributed by atoms with Gasteiger partial charge >= 0.3 is 5.69 Å². The summed E-state index contributed by atoms with van der Waals surface area (Å²) >= 11 is 3.23. The first-order valence-electron chi connectivity index (χ1n) is 3.54. The molecule has 0 unspecified atom stereocenters. The molecule has 0 amide bonds. The van der Waals surface area contributed by atoms with E-state index in [9.17, 15) is 10.1 Å². The maximum absolute atomic E-state index is 10.6. The van der Waals surface area contributed by atoms with Crippen molar-refractivity contribution in [2.75, 3.05) is 7.11 Å². The highest BCUT2D eigenvalue weighted by Gasteiger charge is 2.18. The van der Waals surface area contributed by atoms with Gasteiger partial charge in [0.15, 0.2) is 5.75 Å². The largest absolute Gasteiger partial charge is 0.490 e. The standard InChI is InChI=1S/C8H8BrNO3/c1-5-3-6(9)4-7(13-2)8(5)10(11)12/h3-4H,1-2H3. The molecule has 0 spiro atoms. The van der Waals surface area contributed by atoms with E-state index in [1.165, 1.54) is 7.11 Å². The van der Waals surface area contributed by atoms with Crippen molar-refractivity contribution in [3.05, 3.63) is 32.3 Å². The normalized spacial score (nSPS) is 9.77. The van der Waals surface area contributed by atoms with Gasteiger partial charge in [-0.1, -0.05) is 15.9 Å². The summed E-state index contributed by atoms with van der Waals surface area (Å²) in [5.41, 5.74) is 0.599. The molecule has 70 valence electrons. The lowest BCUT2D eigenvalue weighted by Gasteiger charge is -2.04. The van der Waals surface area contributed by atoms with Crippen LogP contribution in [-0.4, -0.2) is 12.0 Å². The van der Waals surface area contributed by atoms with Crippen LogP contribution in [0.15, 0.2) is 16.6 Å². The molecule has 0 aliphatic heterocycles. The zero-order valence-corrected chi connectivity index (χ0v) is 8.79. The van der Waals surface area contributed by atoms with Crippen LogP contribution in [0.25, 0.3) is 0 Å². The second-order valence-corrected chi connectivity index (χ2v) is 3.45. The zero-order chi connectivity index (χ0) is 10.0. The highest BCUT2D eigenvalue weighted by molar-refractivity contribution is 9.10. The second kappa shape index (κ2) is 3.74. The number of nitrogens with zero attached hydrogens (tertiary/aromatic N) is 1. The Bertz CT molecular complexity index is 351. The van der Waals surface area contributed by atoms with Crippen LogP contribution >= 0.6 is 15.9 Å². The maximum Gasteiger partial charge on any atom is 0.313 e. The molecule has 0 bridgehead atoms. The zero-order valence-electron chi connectivity index (χ0n) is 7.20. The maximum atomic E-state index is 10.6. The van der Waals surface area contributed by atoms with Gasteiger partial charge < -0.3 is 4.74 Å². The first-order chi connectivity index (χ1) is 6.06. The number of rotatable bonds is 2. The average Bonchev–Trinajstić information content (AvgIpc) is 2.01. The number of halogens is 1. The van der Waals surface area contributed by atoms with E-state index in [4.69, 9.17) is 4.74 Å². The first-order valence-corrected chi connectivity index (χ1v) is 4.34. The summed E-state index contributed by atoms with van der Waals surface area (Å²) in [5.74, 6) is 0.275. The van der Waals surface area contributed by atoms with E-state index in [-0.39, 0.29) is 11.4 Å². The summed E-state index contributed by atoms with van der Waals surface area (Å²) < 4.78 is 5.67. The lowest BCUT2D eigenvalue weighted by atomic mass is 10.2. The fourth-order valence-electron chi connectivity index (χ4n) is 1.09. The molecule has 0 saturated carbocycles. The molecule has 1 aromatic carbocycles. The van der Waals surface area contributed by atoms with Gasteiger partial charge in [-0.15, -0.1) is 0 Å². The molecule has 0 atom stereocenters. The molecule has 0 radical (unpaired) electrons. The number of hydrogen-bond acceptors (Lipinski definition) is 3. The van der Waals surface area contributed by atoms with Crippen LogP contribution < -0.4 is 4.74 Å². The third kappa shape index (κ3) is 1.98. The van der Waals surface area contributed by atoms with Crippen molar-refractivity contribution in [3.8, 4) is 5.75 Å². The van der Waals surface area contributed by atoms with Crippen molar-refractivity contribution in [1.29, 1.82) is 0 Å². The summed E-state index contributed by atoms with van der Waals surface area (Å²) in [6.45, 7) is 1.67. The van der Waals surface area contributed by atoms with Gasteiger partial charge in [0.05, 0.1) is 12.0 Å². The molecular formula is C8H8BrNO3. The minimum Gasteiger partial charge on any atom is -0.490 e. The van der Waals surface area contributed by atoms with E-state index >= 15 is 0 Å². The van der Waals surface area contributed by atoms with Crippen molar-refractivity contribution in [2.45, 2.75) is 6.92 Å². The van der Waals surface area contributed by atoms with Crippen LogP contribution in [0, 0.1) is 17.0 Å². The van der Waals surface area contributed by atoms with Gasteiger partial charge in [-0.05, 0) is 13.0 Å². The van der Waals surface area contributed by atoms with E-state index in [1.54, 1.807) is 19.1 Å². The van der Waals surface area contributed by atoms with E-state index < -0.39 is 4.92 Å². The van der Waals surface area contributed by atoms with Crippen LogP contribution in [0.3, 0.4) is 0 Å². The Hall–Kier alpha value is -1.10. The van der Waals surface area contributed by atoms with E-state index in [1.807, 2.05) is 0 Å². The van der Waals surface area contributed by atoms with Crippen LogP contribution in [0.1, 0.15) is 5.56 Å². The predicted octanol–water partition coefficient (Wildman–Crippen LogP) is 2.67. The van der Waals surface area contributed by atoms with Gasteiger partial charge in [0.25, 0.3) is 0 Å². The number of methoxy groups -OCH3 is 1. The molecule has 1 rings (SSSR count).